The Morgan fingerprint density at radius 3 is 2.43 bits per heavy atom. The van der Waals surface area contributed by atoms with Gasteiger partial charge in [0.1, 0.15) is 5.76 Å². The Balaban J connectivity index is 1.97. The predicted molar refractivity (Wildman–Crippen MR) is 75.9 cm³/mol. The first-order valence-electron chi connectivity index (χ1n) is 6.58. The number of para-hydroxylation sites is 1. The van der Waals surface area contributed by atoms with Crippen LogP contribution in [-0.2, 0) is 11.0 Å². The molecule has 0 aliphatic heterocycles. The molecule has 2 amide bonds. The van der Waals surface area contributed by atoms with E-state index in [1.54, 1.807) is 13.0 Å². The lowest BCUT2D eigenvalue weighted by molar-refractivity contribution is -0.137. The number of nitrogens with one attached hydrogen (secondary N) is 2. The Kier molecular flexibility index (Phi) is 4.73. The summed E-state index contributed by atoms with van der Waals surface area (Å²) in [5, 5.41) is 4.39. The fourth-order valence-corrected chi connectivity index (χ4v) is 1.84. The van der Waals surface area contributed by atoms with Crippen molar-refractivity contribution >= 4 is 17.5 Å². The summed E-state index contributed by atoms with van der Waals surface area (Å²) >= 11 is 0. The summed E-state index contributed by atoms with van der Waals surface area (Å²) in [5.41, 5.74) is -1.32. The number of aryl methyl sites for hydroxylation is 1. The zero-order valence-electron chi connectivity index (χ0n) is 12.0. The van der Waals surface area contributed by atoms with Crippen molar-refractivity contribution in [1.29, 1.82) is 0 Å². The van der Waals surface area contributed by atoms with E-state index in [1.807, 2.05) is 0 Å². The van der Waals surface area contributed by atoms with Crippen molar-refractivity contribution in [2.45, 2.75) is 13.1 Å². The lowest BCUT2D eigenvalue weighted by Gasteiger charge is -2.13. The maximum atomic E-state index is 12.8. The molecule has 1 aromatic heterocycles. The molecule has 0 aliphatic rings. The van der Waals surface area contributed by atoms with E-state index in [-0.39, 0.29) is 11.4 Å². The Labute approximate surface area is 129 Å². The normalized spacial score (nSPS) is 11.1. The maximum Gasteiger partial charge on any atom is 0.418 e. The molecule has 122 valence electrons. The molecule has 0 saturated carbocycles. The molecule has 0 fully saturated rings. The molecule has 1 aromatic carbocycles. The molecule has 0 spiro atoms. The number of alkyl halides is 3. The number of benzene rings is 1. The molecule has 8 heteroatoms. The fraction of sp³-hybridized carbons (Fsp3) is 0.200. The van der Waals surface area contributed by atoms with Gasteiger partial charge in [-0.1, -0.05) is 12.1 Å². The van der Waals surface area contributed by atoms with E-state index in [2.05, 4.69) is 10.6 Å². The van der Waals surface area contributed by atoms with Crippen LogP contribution in [0.5, 0.6) is 0 Å². The third-order valence-electron chi connectivity index (χ3n) is 2.88. The highest BCUT2D eigenvalue weighted by atomic mass is 19.4. The van der Waals surface area contributed by atoms with Crippen LogP contribution >= 0.6 is 0 Å². The number of hydrogen-bond donors (Lipinski definition) is 2. The molecular weight excluding hydrogens is 313 g/mol. The third kappa shape index (κ3) is 4.35. The van der Waals surface area contributed by atoms with Crippen molar-refractivity contribution in [3.8, 4) is 0 Å². The molecule has 2 N–H and O–H groups in total. The second-order valence-electron chi connectivity index (χ2n) is 4.68. The second kappa shape index (κ2) is 6.55. The summed E-state index contributed by atoms with van der Waals surface area (Å²) in [6, 6.07) is 7.60. The van der Waals surface area contributed by atoms with Gasteiger partial charge in [0.2, 0.25) is 5.91 Å². The Hall–Kier alpha value is -2.77. The molecule has 23 heavy (non-hydrogen) atoms. The number of furan rings is 1. The van der Waals surface area contributed by atoms with Gasteiger partial charge in [0.25, 0.3) is 5.91 Å². The summed E-state index contributed by atoms with van der Waals surface area (Å²) in [6.07, 6.45) is -4.58. The van der Waals surface area contributed by atoms with Gasteiger partial charge in [-0.25, -0.2) is 0 Å². The van der Waals surface area contributed by atoms with Crippen LogP contribution in [0.4, 0.5) is 18.9 Å². The number of carbonyl (C=O) groups is 2. The summed E-state index contributed by atoms with van der Waals surface area (Å²) < 4.78 is 43.5. The number of hydrogen-bond acceptors (Lipinski definition) is 3. The zero-order valence-corrected chi connectivity index (χ0v) is 12.0. The number of anilines is 1. The molecule has 0 atom stereocenters. The Bertz CT molecular complexity index is 723. The minimum atomic E-state index is -4.58. The number of carbonyl (C=O) groups excluding carboxylic acids is 2. The van der Waals surface area contributed by atoms with Crippen LogP contribution in [0, 0.1) is 6.92 Å². The molecule has 0 aliphatic carbocycles. The minimum Gasteiger partial charge on any atom is -0.456 e. The van der Waals surface area contributed by atoms with Crippen LogP contribution in [0.1, 0.15) is 21.9 Å². The van der Waals surface area contributed by atoms with Gasteiger partial charge in [0.15, 0.2) is 5.76 Å². The SMILES string of the molecule is Cc1ccc(C(=O)NCC(=O)Nc2ccccc2C(F)(F)F)o1. The summed E-state index contributed by atoms with van der Waals surface area (Å²) in [4.78, 5) is 23.4. The average Bonchev–Trinajstić information content (AvgIpc) is 2.91. The molecule has 5 nitrogen and oxygen atoms in total. The number of halogens is 3. The van der Waals surface area contributed by atoms with Crippen LogP contribution < -0.4 is 10.6 Å². The predicted octanol–water partition coefficient (Wildman–Crippen LogP) is 2.98. The van der Waals surface area contributed by atoms with Gasteiger partial charge < -0.3 is 15.1 Å². The standard InChI is InChI=1S/C15H13F3N2O3/c1-9-6-7-12(23-9)14(22)19-8-13(21)20-11-5-3-2-4-10(11)15(16,17)18/h2-7H,8H2,1H3,(H,19,22)(H,20,21). The largest absolute Gasteiger partial charge is 0.456 e. The Morgan fingerprint density at radius 2 is 1.83 bits per heavy atom. The molecule has 0 unspecified atom stereocenters. The zero-order chi connectivity index (χ0) is 17.0. The lowest BCUT2D eigenvalue weighted by Crippen LogP contribution is -2.33. The average molecular weight is 326 g/mol. The van der Waals surface area contributed by atoms with E-state index in [0.717, 1.165) is 12.1 Å². The van der Waals surface area contributed by atoms with Crippen molar-refractivity contribution in [3.63, 3.8) is 0 Å². The van der Waals surface area contributed by atoms with Gasteiger partial charge in [-0.3, -0.25) is 9.59 Å². The first-order valence-corrected chi connectivity index (χ1v) is 6.58. The number of rotatable bonds is 4. The van der Waals surface area contributed by atoms with E-state index in [0.29, 0.717) is 5.76 Å². The quantitative estimate of drug-likeness (QED) is 0.907. The Morgan fingerprint density at radius 1 is 1.13 bits per heavy atom. The highest BCUT2D eigenvalue weighted by Crippen LogP contribution is 2.34. The minimum absolute atomic E-state index is 0.0194. The number of amides is 2. The van der Waals surface area contributed by atoms with Crippen LogP contribution in [0.3, 0.4) is 0 Å². The van der Waals surface area contributed by atoms with Crippen molar-refractivity contribution in [2.24, 2.45) is 0 Å². The van der Waals surface area contributed by atoms with E-state index in [9.17, 15) is 22.8 Å². The molecule has 2 aromatic rings. The van der Waals surface area contributed by atoms with Gasteiger partial charge >= 0.3 is 6.18 Å². The van der Waals surface area contributed by atoms with E-state index < -0.39 is 30.1 Å². The first kappa shape index (κ1) is 16.6. The van der Waals surface area contributed by atoms with Crippen molar-refractivity contribution in [1.82, 2.24) is 5.32 Å². The summed E-state index contributed by atoms with van der Waals surface area (Å²) in [5.74, 6) is -0.861. The van der Waals surface area contributed by atoms with Gasteiger partial charge in [0, 0.05) is 0 Å². The van der Waals surface area contributed by atoms with Crippen LogP contribution in [0.15, 0.2) is 40.8 Å². The summed E-state index contributed by atoms with van der Waals surface area (Å²) in [6.45, 7) is 1.17. The smallest absolute Gasteiger partial charge is 0.418 e. The van der Waals surface area contributed by atoms with Gasteiger partial charge in [-0.05, 0) is 31.2 Å². The topological polar surface area (TPSA) is 71.3 Å². The second-order valence-corrected chi connectivity index (χ2v) is 4.68. The van der Waals surface area contributed by atoms with Gasteiger partial charge in [0.05, 0.1) is 17.8 Å². The van der Waals surface area contributed by atoms with Crippen LogP contribution in [0.25, 0.3) is 0 Å². The van der Waals surface area contributed by atoms with Gasteiger partial charge in [-0.15, -0.1) is 0 Å². The van der Waals surface area contributed by atoms with Crippen LogP contribution in [-0.4, -0.2) is 18.4 Å². The summed E-state index contributed by atoms with van der Waals surface area (Å²) in [7, 11) is 0. The molecule has 2 rings (SSSR count). The highest BCUT2D eigenvalue weighted by molar-refractivity contribution is 5.98. The van der Waals surface area contributed by atoms with Crippen molar-refractivity contribution < 1.29 is 27.2 Å². The van der Waals surface area contributed by atoms with Crippen molar-refractivity contribution in [3.05, 3.63) is 53.5 Å². The van der Waals surface area contributed by atoms with Crippen molar-refractivity contribution in [2.75, 3.05) is 11.9 Å². The van der Waals surface area contributed by atoms with E-state index >= 15 is 0 Å². The van der Waals surface area contributed by atoms with Gasteiger partial charge in [-0.2, -0.15) is 13.2 Å². The maximum absolute atomic E-state index is 12.8. The van der Waals surface area contributed by atoms with E-state index in [1.165, 1.54) is 18.2 Å². The monoisotopic (exact) mass is 326 g/mol. The highest BCUT2D eigenvalue weighted by Gasteiger charge is 2.33. The third-order valence-corrected chi connectivity index (χ3v) is 2.88. The molecule has 0 bridgehead atoms. The molecule has 0 radical (unpaired) electrons. The first-order chi connectivity index (χ1) is 10.8. The molecule has 0 saturated heterocycles. The molecular formula is C15H13F3N2O3. The van der Waals surface area contributed by atoms with Crippen LogP contribution in [0.2, 0.25) is 0 Å². The van der Waals surface area contributed by atoms with E-state index in [4.69, 9.17) is 4.42 Å². The fourth-order valence-electron chi connectivity index (χ4n) is 1.84. The lowest BCUT2D eigenvalue weighted by atomic mass is 10.1. The molecule has 1 heterocycles.